The standard InChI is InChI=1S/C20H20N3O2/c1-13-3-4-15(10-19(13)25-2)18(11-21)20(24)23-17-6-5-16-12-22-8-7-14(16)9-17/h3-10,12,18H,1,11,21H2,2H3,(H,23,24). The molecule has 0 spiro atoms. The number of aromatic nitrogens is 1. The summed E-state index contributed by atoms with van der Waals surface area (Å²) >= 11 is 0. The summed E-state index contributed by atoms with van der Waals surface area (Å²) in [7, 11) is 1.58. The van der Waals surface area contributed by atoms with Crippen molar-refractivity contribution in [1.82, 2.24) is 4.98 Å². The van der Waals surface area contributed by atoms with Gasteiger partial charge in [0.15, 0.2) is 0 Å². The van der Waals surface area contributed by atoms with Gasteiger partial charge in [0.05, 0.1) is 13.0 Å². The molecule has 1 amide bonds. The zero-order chi connectivity index (χ0) is 17.8. The molecule has 3 aromatic rings. The Kier molecular flexibility index (Phi) is 4.95. The third-order valence-electron chi connectivity index (χ3n) is 4.17. The number of hydrogen-bond donors (Lipinski definition) is 2. The van der Waals surface area contributed by atoms with Crippen LogP contribution in [0.15, 0.2) is 54.9 Å². The second-order valence-corrected chi connectivity index (χ2v) is 5.79. The number of fused-ring (bicyclic) bond motifs is 1. The number of benzene rings is 2. The maximum atomic E-state index is 12.7. The van der Waals surface area contributed by atoms with E-state index in [1.54, 1.807) is 19.5 Å². The lowest BCUT2D eigenvalue weighted by Crippen LogP contribution is -2.27. The first-order chi connectivity index (χ1) is 12.1. The molecule has 1 aromatic heterocycles. The van der Waals surface area contributed by atoms with Gasteiger partial charge in [0.2, 0.25) is 5.91 Å². The van der Waals surface area contributed by atoms with Crippen LogP contribution in [-0.2, 0) is 4.79 Å². The summed E-state index contributed by atoms with van der Waals surface area (Å²) in [6, 6.07) is 13.1. The van der Waals surface area contributed by atoms with Gasteiger partial charge in [0, 0.05) is 30.0 Å². The van der Waals surface area contributed by atoms with E-state index in [0.29, 0.717) is 5.75 Å². The van der Waals surface area contributed by atoms with Crippen LogP contribution < -0.4 is 15.8 Å². The van der Waals surface area contributed by atoms with Gasteiger partial charge in [-0.05, 0) is 47.7 Å². The molecule has 3 rings (SSSR count). The molecular formula is C20H20N3O2. The summed E-state index contributed by atoms with van der Waals surface area (Å²) < 4.78 is 5.29. The van der Waals surface area contributed by atoms with Crippen LogP contribution in [0.4, 0.5) is 5.69 Å². The maximum Gasteiger partial charge on any atom is 0.233 e. The molecule has 1 heterocycles. The molecule has 25 heavy (non-hydrogen) atoms. The highest BCUT2D eigenvalue weighted by Gasteiger charge is 2.20. The number of carbonyl (C=O) groups is 1. The van der Waals surface area contributed by atoms with E-state index < -0.39 is 5.92 Å². The minimum Gasteiger partial charge on any atom is -0.496 e. The van der Waals surface area contributed by atoms with Crippen molar-refractivity contribution in [2.24, 2.45) is 5.73 Å². The third kappa shape index (κ3) is 3.61. The molecule has 1 radical (unpaired) electrons. The smallest absolute Gasteiger partial charge is 0.233 e. The van der Waals surface area contributed by atoms with Gasteiger partial charge < -0.3 is 15.8 Å². The largest absolute Gasteiger partial charge is 0.496 e. The number of nitrogens with two attached hydrogens (primary N) is 1. The van der Waals surface area contributed by atoms with Gasteiger partial charge in [-0.2, -0.15) is 0 Å². The van der Waals surface area contributed by atoms with Crippen molar-refractivity contribution in [2.75, 3.05) is 19.0 Å². The topological polar surface area (TPSA) is 77.2 Å². The molecule has 1 atom stereocenters. The Morgan fingerprint density at radius 3 is 2.84 bits per heavy atom. The predicted molar refractivity (Wildman–Crippen MR) is 99.6 cm³/mol. The average Bonchev–Trinajstić information content (AvgIpc) is 2.63. The van der Waals surface area contributed by atoms with E-state index in [0.717, 1.165) is 27.6 Å². The van der Waals surface area contributed by atoms with Gasteiger partial charge in [0.25, 0.3) is 0 Å². The minimum absolute atomic E-state index is 0.158. The number of pyridine rings is 1. The van der Waals surface area contributed by atoms with Gasteiger partial charge >= 0.3 is 0 Å². The number of methoxy groups -OCH3 is 1. The fourth-order valence-corrected chi connectivity index (χ4v) is 2.76. The van der Waals surface area contributed by atoms with E-state index >= 15 is 0 Å². The summed E-state index contributed by atoms with van der Waals surface area (Å²) in [4.78, 5) is 16.8. The fraction of sp³-hybridized carbons (Fsp3) is 0.150. The maximum absolute atomic E-state index is 12.7. The first kappa shape index (κ1) is 16.9. The average molecular weight is 334 g/mol. The highest BCUT2D eigenvalue weighted by molar-refractivity contribution is 5.98. The Bertz CT molecular complexity index is 908. The summed E-state index contributed by atoms with van der Waals surface area (Å²) in [5.41, 5.74) is 8.15. The van der Waals surface area contributed by atoms with Crippen molar-refractivity contribution in [3.05, 3.63) is 72.9 Å². The molecule has 0 bridgehead atoms. The lowest BCUT2D eigenvalue weighted by atomic mass is 9.96. The second kappa shape index (κ2) is 7.32. The van der Waals surface area contributed by atoms with E-state index in [-0.39, 0.29) is 12.5 Å². The molecule has 0 fully saturated rings. The summed E-state index contributed by atoms with van der Waals surface area (Å²) in [5.74, 6) is 0.0133. The Morgan fingerprint density at radius 2 is 2.08 bits per heavy atom. The van der Waals surface area contributed by atoms with Crippen LogP contribution in [0.25, 0.3) is 10.8 Å². The van der Waals surface area contributed by atoms with Crippen LogP contribution >= 0.6 is 0 Å². The third-order valence-corrected chi connectivity index (χ3v) is 4.17. The van der Waals surface area contributed by atoms with Crippen molar-refractivity contribution >= 4 is 22.4 Å². The number of carbonyl (C=O) groups excluding carboxylic acids is 1. The number of anilines is 1. The summed E-state index contributed by atoms with van der Waals surface area (Å²) in [6.45, 7) is 4.09. The van der Waals surface area contributed by atoms with E-state index in [9.17, 15) is 4.79 Å². The summed E-state index contributed by atoms with van der Waals surface area (Å²) in [6.07, 6.45) is 3.51. The van der Waals surface area contributed by atoms with Gasteiger partial charge in [-0.25, -0.2) is 0 Å². The molecule has 1 unspecified atom stereocenters. The van der Waals surface area contributed by atoms with E-state index in [2.05, 4.69) is 17.2 Å². The van der Waals surface area contributed by atoms with Crippen molar-refractivity contribution in [3.63, 3.8) is 0 Å². The molecule has 0 aliphatic heterocycles. The van der Waals surface area contributed by atoms with Crippen molar-refractivity contribution in [3.8, 4) is 5.75 Å². The van der Waals surface area contributed by atoms with E-state index in [1.807, 2.05) is 42.5 Å². The number of nitrogens with zero attached hydrogens (tertiary/aromatic N) is 1. The van der Waals surface area contributed by atoms with Crippen LogP contribution in [0, 0.1) is 6.92 Å². The van der Waals surface area contributed by atoms with Crippen molar-refractivity contribution in [2.45, 2.75) is 5.92 Å². The number of amides is 1. The zero-order valence-electron chi connectivity index (χ0n) is 14.0. The Labute approximate surface area is 146 Å². The highest BCUT2D eigenvalue weighted by Crippen LogP contribution is 2.26. The van der Waals surface area contributed by atoms with Gasteiger partial charge in [0.1, 0.15) is 5.75 Å². The molecule has 5 heteroatoms. The molecule has 3 N–H and O–H groups in total. The molecule has 127 valence electrons. The second-order valence-electron chi connectivity index (χ2n) is 5.79. The number of rotatable bonds is 5. The monoisotopic (exact) mass is 334 g/mol. The molecule has 0 saturated heterocycles. The fourth-order valence-electron chi connectivity index (χ4n) is 2.76. The zero-order valence-corrected chi connectivity index (χ0v) is 14.0. The minimum atomic E-state index is -0.470. The van der Waals surface area contributed by atoms with Crippen LogP contribution in [0.3, 0.4) is 0 Å². The Balaban J connectivity index is 1.84. The Morgan fingerprint density at radius 1 is 1.24 bits per heavy atom. The molecule has 0 aliphatic rings. The number of hydrogen-bond acceptors (Lipinski definition) is 4. The molecular weight excluding hydrogens is 314 g/mol. The lowest BCUT2D eigenvalue weighted by molar-refractivity contribution is -0.117. The number of nitrogens with one attached hydrogen (secondary N) is 1. The van der Waals surface area contributed by atoms with Crippen molar-refractivity contribution < 1.29 is 9.53 Å². The van der Waals surface area contributed by atoms with Gasteiger partial charge in [-0.15, -0.1) is 0 Å². The SMILES string of the molecule is [CH2]c1ccc(C(CN)C(=O)Nc2ccc3cnccc3c2)cc1OC. The van der Waals surface area contributed by atoms with Gasteiger partial charge in [-0.1, -0.05) is 18.2 Å². The lowest BCUT2D eigenvalue weighted by Gasteiger charge is -2.17. The molecule has 2 aromatic carbocycles. The Hall–Kier alpha value is -2.92. The molecule has 5 nitrogen and oxygen atoms in total. The van der Waals surface area contributed by atoms with E-state index in [1.165, 1.54) is 0 Å². The van der Waals surface area contributed by atoms with Crippen LogP contribution in [0.5, 0.6) is 5.75 Å². The van der Waals surface area contributed by atoms with E-state index in [4.69, 9.17) is 10.5 Å². The van der Waals surface area contributed by atoms with Crippen LogP contribution in [0.2, 0.25) is 0 Å². The van der Waals surface area contributed by atoms with Crippen LogP contribution in [-0.4, -0.2) is 24.5 Å². The quantitative estimate of drug-likeness (QED) is 0.751. The normalized spacial score (nSPS) is 12.0. The van der Waals surface area contributed by atoms with Gasteiger partial charge in [-0.3, -0.25) is 9.78 Å². The molecule has 0 saturated carbocycles. The van der Waals surface area contributed by atoms with Crippen molar-refractivity contribution in [1.29, 1.82) is 0 Å². The van der Waals surface area contributed by atoms with Crippen LogP contribution in [0.1, 0.15) is 17.0 Å². The summed E-state index contributed by atoms with van der Waals surface area (Å²) in [5, 5.41) is 4.97. The number of ether oxygens (including phenoxy) is 1. The molecule has 0 aliphatic carbocycles. The highest BCUT2D eigenvalue weighted by atomic mass is 16.5. The predicted octanol–water partition coefficient (Wildman–Crippen LogP) is 3.11. The first-order valence-electron chi connectivity index (χ1n) is 7.97. The first-order valence-corrected chi connectivity index (χ1v) is 7.97.